The van der Waals surface area contributed by atoms with Crippen LogP contribution >= 0.6 is 0 Å². The Morgan fingerprint density at radius 1 is 1.24 bits per heavy atom. The zero-order chi connectivity index (χ0) is 12.3. The summed E-state index contributed by atoms with van der Waals surface area (Å²) in [5.74, 6) is -0.0390. The van der Waals surface area contributed by atoms with Crippen LogP contribution in [0.15, 0.2) is 36.7 Å². The molecule has 0 saturated carbocycles. The van der Waals surface area contributed by atoms with Gasteiger partial charge >= 0.3 is 5.97 Å². The molecule has 0 atom stereocenters. The van der Waals surface area contributed by atoms with Crippen LogP contribution in [0.4, 0.5) is 0 Å². The number of nitrogens with zero attached hydrogens (tertiary/aromatic N) is 2. The molecule has 0 bridgehead atoms. The topological polar surface area (TPSA) is 72.3 Å². The van der Waals surface area contributed by atoms with E-state index in [1.165, 1.54) is 19.5 Å². The molecular weight excluding hydrogens is 220 g/mol. The highest BCUT2D eigenvalue weighted by Crippen LogP contribution is 2.24. The Morgan fingerprint density at radius 2 is 1.88 bits per heavy atom. The smallest absolute Gasteiger partial charge is 0.341 e. The predicted octanol–water partition coefficient (Wildman–Crippen LogP) is 1.64. The summed E-state index contributed by atoms with van der Waals surface area (Å²) in [5.41, 5.74) is 0.788. The molecule has 1 heterocycles. The zero-order valence-corrected chi connectivity index (χ0v) is 9.12. The molecule has 0 saturated heterocycles. The number of methoxy groups -OCH3 is 1. The Morgan fingerprint density at radius 3 is 2.47 bits per heavy atom. The number of aromatic hydroxyl groups is 1. The van der Waals surface area contributed by atoms with Crippen molar-refractivity contribution in [2.24, 2.45) is 0 Å². The first-order valence-corrected chi connectivity index (χ1v) is 4.91. The number of rotatable bonds is 2. The Hall–Kier alpha value is -2.43. The fourth-order valence-electron chi connectivity index (χ4n) is 1.35. The van der Waals surface area contributed by atoms with Crippen molar-refractivity contribution in [1.29, 1.82) is 0 Å². The highest BCUT2D eigenvalue weighted by Gasteiger charge is 2.09. The molecule has 0 fully saturated rings. The number of hydrogen-bond donors (Lipinski definition) is 1. The second-order valence-electron chi connectivity index (χ2n) is 3.30. The number of ether oxygens (including phenoxy) is 1. The van der Waals surface area contributed by atoms with E-state index in [-0.39, 0.29) is 11.3 Å². The molecule has 0 radical (unpaired) electrons. The van der Waals surface area contributed by atoms with Crippen molar-refractivity contribution < 1.29 is 14.6 Å². The highest BCUT2D eigenvalue weighted by atomic mass is 16.5. The number of esters is 1. The third-order valence-corrected chi connectivity index (χ3v) is 2.22. The molecule has 0 amide bonds. The average Bonchev–Trinajstić information content (AvgIpc) is 2.39. The Bertz CT molecular complexity index is 538. The van der Waals surface area contributed by atoms with Crippen molar-refractivity contribution in [2.75, 3.05) is 7.11 Å². The molecule has 0 aliphatic heterocycles. The SMILES string of the molecule is COC(=O)c1cnc(-c2ccccc2O)nc1. The van der Waals surface area contributed by atoms with Crippen LogP contribution in [0.5, 0.6) is 5.75 Å². The van der Waals surface area contributed by atoms with Gasteiger partial charge in [-0.15, -0.1) is 0 Å². The summed E-state index contributed by atoms with van der Waals surface area (Å²) in [6.07, 6.45) is 2.72. The van der Waals surface area contributed by atoms with E-state index in [1.807, 2.05) is 0 Å². The van der Waals surface area contributed by atoms with Crippen LogP contribution in [0.2, 0.25) is 0 Å². The maximum absolute atomic E-state index is 11.2. The fourth-order valence-corrected chi connectivity index (χ4v) is 1.35. The van der Waals surface area contributed by atoms with Crippen molar-refractivity contribution in [3.05, 3.63) is 42.2 Å². The standard InChI is InChI=1S/C12H10N2O3/c1-17-12(16)8-6-13-11(14-7-8)9-4-2-3-5-10(9)15/h2-7,15H,1H3. The van der Waals surface area contributed by atoms with E-state index in [0.29, 0.717) is 11.4 Å². The molecule has 2 aromatic rings. The van der Waals surface area contributed by atoms with E-state index in [9.17, 15) is 9.90 Å². The molecule has 0 unspecified atom stereocenters. The van der Waals surface area contributed by atoms with Crippen molar-refractivity contribution in [3.63, 3.8) is 0 Å². The van der Waals surface area contributed by atoms with Crippen LogP contribution in [0, 0.1) is 0 Å². The lowest BCUT2D eigenvalue weighted by Crippen LogP contribution is -2.03. The van der Waals surface area contributed by atoms with Crippen molar-refractivity contribution >= 4 is 5.97 Å². The van der Waals surface area contributed by atoms with E-state index >= 15 is 0 Å². The van der Waals surface area contributed by atoms with E-state index < -0.39 is 5.97 Å². The maximum atomic E-state index is 11.2. The molecule has 17 heavy (non-hydrogen) atoms. The number of aromatic nitrogens is 2. The van der Waals surface area contributed by atoms with Crippen molar-refractivity contribution in [3.8, 4) is 17.1 Å². The Balaban J connectivity index is 2.36. The third kappa shape index (κ3) is 2.23. The van der Waals surface area contributed by atoms with E-state index in [4.69, 9.17) is 0 Å². The van der Waals surface area contributed by atoms with Crippen LogP contribution in [0.25, 0.3) is 11.4 Å². The Labute approximate surface area is 97.7 Å². The lowest BCUT2D eigenvalue weighted by molar-refractivity contribution is 0.0600. The molecule has 1 aromatic carbocycles. The second kappa shape index (κ2) is 4.61. The van der Waals surface area contributed by atoms with Gasteiger partial charge in [0.25, 0.3) is 0 Å². The first-order chi connectivity index (χ1) is 8.22. The Kier molecular flexibility index (Phi) is 3.00. The molecule has 1 N–H and O–H groups in total. The van der Waals surface area contributed by atoms with Crippen LogP contribution in [0.1, 0.15) is 10.4 Å². The number of phenolic OH excluding ortho intramolecular Hbond substituents is 1. The predicted molar refractivity (Wildman–Crippen MR) is 60.5 cm³/mol. The third-order valence-electron chi connectivity index (χ3n) is 2.22. The summed E-state index contributed by atoms with van der Waals surface area (Å²) < 4.78 is 4.54. The summed E-state index contributed by atoms with van der Waals surface area (Å²) in [7, 11) is 1.29. The van der Waals surface area contributed by atoms with E-state index in [2.05, 4.69) is 14.7 Å². The summed E-state index contributed by atoms with van der Waals surface area (Å²) in [5, 5.41) is 9.62. The van der Waals surface area contributed by atoms with Crippen LogP contribution in [0.3, 0.4) is 0 Å². The molecular formula is C12H10N2O3. The van der Waals surface area contributed by atoms with Gasteiger partial charge < -0.3 is 9.84 Å². The van der Waals surface area contributed by atoms with Crippen LogP contribution in [-0.4, -0.2) is 28.2 Å². The molecule has 0 aliphatic carbocycles. The highest BCUT2D eigenvalue weighted by molar-refractivity contribution is 5.88. The molecule has 2 rings (SSSR count). The molecule has 1 aromatic heterocycles. The van der Waals surface area contributed by atoms with Gasteiger partial charge in [0.05, 0.1) is 18.2 Å². The summed E-state index contributed by atoms with van der Waals surface area (Å²) in [6.45, 7) is 0. The van der Waals surface area contributed by atoms with Gasteiger partial charge in [-0.3, -0.25) is 0 Å². The van der Waals surface area contributed by atoms with E-state index in [1.54, 1.807) is 24.3 Å². The number of carbonyl (C=O) groups is 1. The van der Waals surface area contributed by atoms with Crippen LogP contribution in [-0.2, 0) is 4.74 Å². The number of benzene rings is 1. The van der Waals surface area contributed by atoms with Gasteiger partial charge in [-0.2, -0.15) is 0 Å². The van der Waals surface area contributed by atoms with Gasteiger partial charge in [-0.1, -0.05) is 12.1 Å². The maximum Gasteiger partial charge on any atom is 0.341 e. The number of phenols is 1. The lowest BCUT2D eigenvalue weighted by atomic mass is 10.2. The minimum absolute atomic E-state index is 0.0957. The summed E-state index contributed by atoms with van der Waals surface area (Å²) >= 11 is 0. The van der Waals surface area contributed by atoms with Crippen LogP contribution < -0.4 is 0 Å². The van der Waals surface area contributed by atoms with Crippen molar-refractivity contribution in [2.45, 2.75) is 0 Å². The number of hydrogen-bond acceptors (Lipinski definition) is 5. The molecule has 0 aliphatic rings. The zero-order valence-electron chi connectivity index (χ0n) is 9.12. The van der Waals surface area contributed by atoms with Gasteiger partial charge in [0.2, 0.25) is 0 Å². The first kappa shape index (κ1) is 11.1. The largest absolute Gasteiger partial charge is 0.507 e. The summed E-state index contributed by atoms with van der Waals surface area (Å²) in [4.78, 5) is 19.2. The van der Waals surface area contributed by atoms with Gasteiger partial charge in [0.1, 0.15) is 5.75 Å². The quantitative estimate of drug-likeness (QED) is 0.794. The van der Waals surface area contributed by atoms with Crippen molar-refractivity contribution in [1.82, 2.24) is 9.97 Å². The van der Waals surface area contributed by atoms with Gasteiger partial charge in [-0.05, 0) is 12.1 Å². The van der Waals surface area contributed by atoms with Gasteiger partial charge in [0.15, 0.2) is 5.82 Å². The minimum atomic E-state index is -0.492. The fraction of sp³-hybridized carbons (Fsp3) is 0.0833. The lowest BCUT2D eigenvalue weighted by Gasteiger charge is -2.03. The monoisotopic (exact) mass is 230 g/mol. The molecule has 5 nitrogen and oxygen atoms in total. The average molecular weight is 230 g/mol. The minimum Gasteiger partial charge on any atom is -0.507 e. The second-order valence-corrected chi connectivity index (χ2v) is 3.30. The van der Waals surface area contributed by atoms with Gasteiger partial charge in [-0.25, -0.2) is 14.8 Å². The molecule has 86 valence electrons. The number of carbonyl (C=O) groups excluding carboxylic acids is 1. The number of para-hydroxylation sites is 1. The van der Waals surface area contributed by atoms with Gasteiger partial charge in [0, 0.05) is 12.4 Å². The van der Waals surface area contributed by atoms with E-state index in [0.717, 1.165) is 0 Å². The normalized spacial score (nSPS) is 9.94. The first-order valence-electron chi connectivity index (χ1n) is 4.91. The molecule has 5 heteroatoms. The molecule has 0 spiro atoms. The summed E-state index contributed by atoms with van der Waals surface area (Å²) in [6, 6.07) is 6.73.